The van der Waals surface area contributed by atoms with Crippen molar-refractivity contribution in [3.8, 4) is 0 Å². The first-order chi connectivity index (χ1) is 16.3. The molecule has 2 amide bonds. The lowest BCUT2D eigenvalue weighted by molar-refractivity contribution is -0.137. The van der Waals surface area contributed by atoms with Gasteiger partial charge in [-0.05, 0) is 62.1 Å². The van der Waals surface area contributed by atoms with Gasteiger partial charge in [-0.25, -0.2) is 0 Å². The molecule has 2 aromatic rings. The number of alkyl halides is 3. The lowest BCUT2D eigenvalue weighted by atomic mass is 10.0. The summed E-state index contributed by atoms with van der Waals surface area (Å²) in [4.78, 5) is 27.4. The molecule has 4 rings (SSSR count). The van der Waals surface area contributed by atoms with E-state index in [-0.39, 0.29) is 29.5 Å². The summed E-state index contributed by atoms with van der Waals surface area (Å²) in [7, 11) is 0. The van der Waals surface area contributed by atoms with Crippen molar-refractivity contribution in [1.29, 1.82) is 0 Å². The van der Waals surface area contributed by atoms with Crippen molar-refractivity contribution in [1.82, 2.24) is 10.6 Å². The Kier molecular flexibility index (Phi) is 7.41. The summed E-state index contributed by atoms with van der Waals surface area (Å²) >= 11 is 0. The maximum absolute atomic E-state index is 12.8. The highest BCUT2D eigenvalue weighted by Gasteiger charge is 2.30. The molecule has 2 aliphatic heterocycles. The summed E-state index contributed by atoms with van der Waals surface area (Å²) < 4.78 is 43.8. The number of piperidine rings is 1. The van der Waals surface area contributed by atoms with Gasteiger partial charge in [0, 0.05) is 43.5 Å². The van der Waals surface area contributed by atoms with Gasteiger partial charge < -0.3 is 20.3 Å². The average Bonchev–Trinajstić information content (AvgIpc) is 3.36. The van der Waals surface area contributed by atoms with E-state index in [2.05, 4.69) is 15.5 Å². The van der Waals surface area contributed by atoms with Gasteiger partial charge in [-0.2, -0.15) is 13.2 Å². The summed E-state index contributed by atoms with van der Waals surface area (Å²) in [6, 6.07) is 11.6. The number of anilines is 1. The van der Waals surface area contributed by atoms with Crippen LogP contribution < -0.4 is 15.5 Å². The molecule has 1 atom stereocenters. The molecule has 6 nitrogen and oxygen atoms in total. The van der Waals surface area contributed by atoms with Crippen LogP contribution in [0.2, 0.25) is 0 Å². The highest BCUT2D eigenvalue weighted by Crippen LogP contribution is 2.29. The second kappa shape index (κ2) is 10.5. The Morgan fingerprint density at radius 1 is 0.971 bits per heavy atom. The van der Waals surface area contributed by atoms with E-state index in [1.807, 2.05) is 18.2 Å². The van der Waals surface area contributed by atoms with Crippen LogP contribution in [0.4, 0.5) is 18.9 Å². The van der Waals surface area contributed by atoms with Gasteiger partial charge in [0.15, 0.2) is 0 Å². The molecule has 0 aromatic heterocycles. The van der Waals surface area contributed by atoms with Gasteiger partial charge in [0.05, 0.1) is 17.2 Å². The summed E-state index contributed by atoms with van der Waals surface area (Å²) in [6.07, 6.45) is -1.06. The van der Waals surface area contributed by atoms with Crippen molar-refractivity contribution >= 4 is 17.5 Å². The lowest BCUT2D eigenvalue weighted by Gasteiger charge is -2.35. The van der Waals surface area contributed by atoms with Crippen LogP contribution in [0.5, 0.6) is 0 Å². The molecule has 34 heavy (non-hydrogen) atoms. The third-order valence-electron chi connectivity index (χ3n) is 6.31. The van der Waals surface area contributed by atoms with Gasteiger partial charge >= 0.3 is 6.18 Å². The maximum atomic E-state index is 12.8. The molecule has 2 N–H and O–H groups in total. The summed E-state index contributed by atoms with van der Waals surface area (Å²) in [5.74, 6) is -0.523. The summed E-state index contributed by atoms with van der Waals surface area (Å²) in [5.41, 5.74) is 0.868. The molecule has 2 saturated heterocycles. The molecular weight excluding hydrogens is 447 g/mol. The lowest BCUT2D eigenvalue weighted by Crippen LogP contribution is -2.45. The van der Waals surface area contributed by atoms with E-state index in [9.17, 15) is 22.8 Å². The fourth-order valence-electron chi connectivity index (χ4n) is 4.39. The molecule has 2 fully saturated rings. The van der Waals surface area contributed by atoms with Crippen LogP contribution in [-0.4, -0.2) is 50.2 Å². The summed E-state index contributed by atoms with van der Waals surface area (Å²) in [6.45, 7) is 2.52. The molecule has 2 aliphatic rings. The van der Waals surface area contributed by atoms with Crippen molar-refractivity contribution in [2.75, 3.05) is 31.1 Å². The maximum Gasteiger partial charge on any atom is 0.416 e. The second-order valence-electron chi connectivity index (χ2n) is 8.67. The molecule has 0 saturated carbocycles. The van der Waals surface area contributed by atoms with Crippen LogP contribution >= 0.6 is 0 Å². The highest BCUT2D eigenvalue weighted by atomic mass is 19.4. The molecule has 0 spiro atoms. The van der Waals surface area contributed by atoms with E-state index < -0.39 is 11.7 Å². The number of ether oxygens (including phenoxy) is 1. The number of carbonyl (C=O) groups excluding carboxylic acids is 2. The Hall–Kier alpha value is -3.07. The minimum Gasteiger partial charge on any atom is -0.376 e. The van der Waals surface area contributed by atoms with E-state index in [1.54, 1.807) is 6.07 Å². The molecule has 2 aromatic carbocycles. The number of hydrogen-bond acceptors (Lipinski definition) is 4. The van der Waals surface area contributed by atoms with Gasteiger partial charge in [-0.15, -0.1) is 0 Å². The predicted octanol–water partition coefficient (Wildman–Crippen LogP) is 4.01. The molecular formula is C25H28F3N3O3. The molecule has 9 heteroatoms. The van der Waals surface area contributed by atoms with Crippen molar-refractivity contribution in [3.05, 3.63) is 65.2 Å². The zero-order valence-electron chi connectivity index (χ0n) is 18.7. The fraction of sp³-hybridized carbons (Fsp3) is 0.440. The molecule has 0 bridgehead atoms. The van der Waals surface area contributed by atoms with E-state index in [0.717, 1.165) is 37.3 Å². The Labute approximate surface area is 196 Å². The van der Waals surface area contributed by atoms with Crippen LogP contribution in [-0.2, 0) is 10.9 Å². The van der Waals surface area contributed by atoms with Crippen LogP contribution in [0.25, 0.3) is 0 Å². The largest absolute Gasteiger partial charge is 0.416 e. The van der Waals surface area contributed by atoms with Crippen molar-refractivity contribution in [2.45, 2.75) is 44.0 Å². The smallest absolute Gasteiger partial charge is 0.376 e. The number of benzene rings is 2. The van der Waals surface area contributed by atoms with E-state index in [4.69, 9.17) is 4.74 Å². The average molecular weight is 476 g/mol. The van der Waals surface area contributed by atoms with Crippen LogP contribution in [0.1, 0.15) is 52.0 Å². The Balaban J connectivity index is 1.31. The molecule has 1 unspecified atom stereocenters. The first kappa shape index (κ1) is 24.1. The third-order valence-corrected chi connectivity index (χ3v) is 6.31. The quantitative estimate of drug-likeness (QED) is 0.663. The normalized spacial score (nSPS) is 19.1. The van der Waals surface area contributed by atoms with Gasteiger partial charge in [-0.1, -0.05) is 12.1 Å². The van der Waals surface area contributed by atoms with E-state index >= 15 is 0 Å². The van der Waals surface area contributed by atoms with Crippen molar-refractivity contribution in [2.24, 2.45) is 0 Å². The Bertz CT molecular complexity index is 996. The number of nitrogens with one attached hydrogen (secondary N) is 2. The number of carbonyl (C=O) groups is 2. The monoisotopic (exact) mass is 475 g/mol. The fourth-order valence-corrected chi connectivity index (χ4v) is 4.39. The zero-order valence-corrected chi connectivity index (χ0v) is 18.7. The minimum absolute atomic E-state index is 0.0696. The number of halogens is 3. The third kappa shape index (κ3) is 5.88. The van der Waals surface area contributed by atoms with Crippen LogP contribution in [0, 0.1) is 0 Å². The van der Waals surface area contributed by atoms with Crippen LogP contribution in [0.3, 0.4) is 0 Å². The van der Waals surface area contributed by atoms with Crippen molar-refractivity contribution < 1.29 is 27.5 Å². The minimum atomic E-state index is -4.43. The standard InChI is InChI=1S/C25H28F3N3O3/c26-25(27,28)18-9-7-17(8-10-18)23(32)30-19-11-13-31(14-12-19)22-6-2-1-5-21(22)24(33)29-16-20-4-3-15-34-20/h1-2,5-10,19-20H,3-4,11-16H2,(H,29,33)(H,30,32). The number of amides is 2. The topological polar surface area (TPSA) is 70.7 Å². The highest BCUT2D eigenvalue weighted by molar-refractivity contribution is 6.00. The number of rotatable bonds is 6. The van der Waals surface area contributed by atoms with Gasteiger partial charge in [0.1, 0.15) is 0 Å². The second-order valence-corrected chi connectivity index (χ2v) is 8.67. The van der Waals surface area contributed by atoms with Gasteiger partial charge in [0.2, 0.25) is 0 Å². The predicted molar refractivity (Wildman–Crippen MR) is 122 cm³/mol. The number of nitrogens with zero attached hydrogens (tertiary/aromatic N) is 1. The SMILES string of the molecule is O=C(NC1CCN(c2ccccc2C(=O)NCC2CCCO2)CC1)c1ccc(C(F)(F)F)cc1. The van der Waals surface area contributed by atoms with Gasteiger partial charge in [0.25, 0.3) is 11.8 Å². The van der Waals surface area contributed by atoms with Crippen molar-refractivity contribution in [3.63, 3.8) is 0 Å². The summed E-state index contributed by atoms with van der Waals surface area (Å²) in [5, 5.41) is 5.88. The molecule has 0 radical (unpaired) electrons. The van der Waals surface area contributed by atoms with E-state index in [0.29, 0.717) is 38.0 Å². The van der Waals surface area contributed by atoms with Gasteiger partial charge in [-0.3, -0.25) is 9.59 Å². The zero-order chi connectivity index (χ0) is 24.1. The first-order valence-electron chi connectivity index (χ1n) is 11.5. The molecule has 2 heterocycles. The first-order valence-corrected chi connectivity index (χ1v) is 11.5. The van der Waals surface area contributed by atoms with Crippen LogP contribution in [0.15, 0.2) is 48.5 Å². The Morgan fingerprint density at radius 3 is 2.32 bits per heavy atom. The Morgan fingerprint density at radius 2 is 1.68 bits per heavy atom. The molecule has 0 aliphatic carbocycles. The van der Waals surface area contributed by atoms with E-state index in [1.165, 1.54) is 12.1 Å². The molecule has 182 valence electrons. The number of para-hydroxylation sites is 1. The number of hydrogen-bond donors (Lipinski definition) is 2.